The monoisotopic (exact) mass is 358 g/mol. The SMILES string of the molecule is Cl.OCCOc1ccc(C(Cl)c2cccc(OCCO)c2)cc1. The molecule has 0 saturated heterocycles. The van der Waals surface area contributed by atoms with Crippen LogP contribution in [-0.2, 0) is 0 Å². The maximum Gasteiger partial charge on any atom is 0.119 e. The van der Waals surface area contributed by atoms with Crippen LogP contribution in [0.2, 0.25) is 0 Å². The lowest BCUT2D eigenvalue weighted by atomic mass is 10.0. The summed E-state index contributed by atoms with van der Waals surface area (Å²) in [5.74, 6) is 1.38. The highest BCUT2D eigenvalue weighted by Crippen LogP contribution is 2.31. The van der Waals surface area contributed by atoms with Gasteiger partial charge >= 0.3 is 0 Å². The van der Waals surface area contributed by atoms with Gasteiger partial charge in [-0.25, -0.2) is 0 Å². The van der Waals surface area contributed by atoms with E-state index in [0.29, 0.717) is 11.5 Å². The maximum absolute atomic E-state index is 8.79. The molecule has 4 nitrogen and oxygen atoms in total. The predicted molar refractivity (Wildman–Crippen MR) is 93.0 cm³/mol. The predicted octanol–water partition coefficient (Wildman–Crippen LogP) is 3.18. The second-order valence-corrected chi connectivity index (χ2v) is 5.08. The summed E-state index contributed by atoms with van der Waals surface area (Å²) in [5.41, 5.74) is 1.86. The maximum atomic E-state index is 8.79. The van der Waals surface area contributed by atoms with Crippen molar-refractivity contribution in [2.45, 2.75) is 5.38 Å². The first-order valence-corrected chi connectivity index (χ1v) is 7.49. The van der Waals surface area contributed by atoms with Crippen LogP contribution in [0.3, 0.4) is 0 Å². The summed E-state index contributed by atoms with van der Waals surface area (Å²) in [5, 5.41) is 17.2. The van der Waals surface area contributed by atoms with Crippen molar-refractivity contribution in [3.05, 3.63) is 59.7 Å². The largest absolute Gasteiger partial charge is 0.491 e. The summed E-state index contributed by atoms with van der Waals surface area (Å²) in [6.07, 6.45) is 0. The molecule has 0 heterocycles. The molecule has 0 fully saturated rings. The second kappa shape index (κ2) is 10.3. The molecule has 2 rings (SSSR count). The molecule has 0 aromatic heterocycles. The normalized spacial score (nSPS) is 11.4. The highest BCUT2D eigenvalue weighted by molar-refractivity contribution is 6.22. The van der Waals surface area contributed by atoms with Crippen LogP contribution in [0, 0.1) is 0 Å². The molecule has 2 N–H and O–H groups in total. The van der Waals surface area contributed by atoms with Crippen LogP contribution in [-0.4, -0.2) is 36.6 Å². The fourth-order valence-electron chi connectivity index (χ4n) is 2.01. The van der Waals surface area contributed by atoms with Gasteiger partial charge in [0, 0.05) is 0 Å². The van der Waals surface area contributed by atoms with E-state index in [9.17, 15) is 0 Å². The van der Waals surface area contributed by atoms with Crippen molar-refractivity contribution in [1.29, 1.82) is 0 Å². The van der Waals surface area contributed by atoms with Crippen LogP contribution < -0.4 is 9.47 Å². The van der Waals surface area contributed by atoms with E-state index < -0.39 is 0 Å². The van der Waals surface area contributed by atoms with Crippen molar-refractivity contribution in [3.63, 3.8) is 0 Å². The van der Waals surface area contributed by atoms with Crippen LogP contribution in [0.25, 0.3) is 0 Å². The molecule has 2 aromatic rings. The number of hydrogen-bond acceptors (Lipinski definition) is 4. The Morgan fingerprint density at radius 1 is 0.826 bits per heavy atom. The van der Waals surface area contributed by atoms with Crippen LogP contribution in [0.4, 0.5) is 0 Å². The lowest BCUT2D eigenvalue weighted by Crippen LogP contribution is -2.03. The first-order valence-electron chi connectivity index (χ1n) is 7.06. The molecule has 0 aliphatic heterocycles. The fraction of sp³-hybridized carbons (Fsp3) is 0.294. The van der Waals surface area contributed by atoms with Gasteiger partial charge in [-0.3, -0.25) is 0 Å². The number of alkyl halides is 1. The Kier molecular flexibility index (Phi) is 8.81. The van der Waals surface area contributed by atoms with E-state index in [1.807, 2.05) is 48.5 Å². The van der Waals surface area contributed by atoms with Gasteiger partial charge in [0.05, 0.1) is 18.6 Å². The third-order valence-electron chi connectivity index (χ3n) is 3.04. The molecular weight excluding hydrogens is 339 g/mol. The minimum absolute atomic E-state index is 0. The molecule has 6 heteroatoms. The number of ether oxygens (including phenoxy) is 2. The quantitative estimate of drug-likeness (QED) is 0.711. The van der Waals surface area contributed by atoms with Gasteiger partial charge in [-0.15, -0.1) is 24.0 Å². The molecule has 126 valence electrons. The van der Waals surface area contributed by atoms with Gasteiger partial charge < -0.3 is 19.7 Å². The molecule has 2 aromatic carbocycles. The molecule has 1 unspecified atom stereocenters. The second-order valence-electron chi connectivity index (χ2n) is 4.65. The summed E-state index contributed by atoms with van der Waals surface area (Å²) in [6.45, 7) is 0.492. The Balaban J connectivity index is 0.00000264. The number of halogens is 2. The van der Waals surface area contributed by atoms with E-state index in [4.69, 9.17) is 31.3 Å². The molecular formula is C17H20Cl2O4. The third kappa shape index (κ3) is 5.92. The summed E-state index contributed by atoms with van der Waals surface area (Å²) in [6, 6.07) is 14.9. The van der Waals surface area contributed by atoms with E-state index in [2.05, 4.69) is 0 Å². The zero-order valence-electron chi connectivity index (χ0n) is 12.5. The highest BCUT2D eigenvalue weighted by Gasteiger charge is 2.11. The van der Waals surface area contributed by atoms with Gasteiger partial charge in [0.1, 0.15) is 24.7 Å². The van der Waals surface area contributed by atoms with Gasteiger partial charge in [-0.05, 0) is 35.4 Å². The minimum Gasteiger partial charge on any atom is -0.491 e. The smallest absolute Gasteiger partial charge is 0.119 e. The van der Waals surface area contributed by atoms with E-state index in [1.54, 1.807) is 0 Å². The Labute approximate surface area is 147 Å². The Morgan fingerprint density at radius 2 is 1.43 bits per heavy atom. The Bertz CT molecular complexity index is 575. The van der Waals surface area contributed by atoms with Crippen LogP contribution in [0.15, 0.2) is 48.5 Å². The fourth-order valence-corrected chi connectivity index (χ4v) is 2.30. The molecule has 23 heavy (non-hydrogen) atoms. The summed E-state index contributed by atoms with van der Waals surface area (Å²) in [4.78, 5) is 0. The first kappa shape index (κ1) is 19.6. The van der Waals surface area contributed by atoms with Gasteiger partial charge in [-0.2, -0.15) is 0 Å². The lowest BCUT2D eigenvalue weighted by molar-refractivity contribution is 0.201. The van der Waals surface area contributed by atoms with Gasteiger partial charge in [0.15, 0.2) is 0 Å². The number of aliphatic hydroxyl groups is 2. The topological polar surface area (TPSA) is 58.9 Å². The first-order chi connectivity index (χ1) is 10.7. The summed E-state index contributed by atoms with van der Waals surface area (Å²) >= 11 is 6.51. The van der Waals surface area contributed by atoms with E-state index in [1.165, 1.54) is 0 Å². The molecule has 0 aliphatic rings. The lowest BCUT2D eigenvalue weighted by Gasteiger charge is -2.13. The summed E-state index contributed by atoms with van der Waals surface area (Å²) in [7, 11) is 0. The number of benzene rings is 2. The van der Waals surface area contributed by atoms with Gasteiger partial charge in [0.2, 0.25) is 0 Å². The van der Waals surface area contributed by atoms with Crippen molar-refractivity contribution >= 4 is 24.0 Å². The van der Waals surface area contributed by atoms with Crippen molar-refractivity contribution in [3.8, 4) is 11.5 Å². The van der Waals surface area contributed by atoms with E-state index >= 15 is 0 Å². The average molecular weight is 359 g/mol. The third-order valence-corrected chi connectivity index (χ3v) is 3.55. The molecule has 0 aliphatic carbocycles. The number of aliphatic hydroxyl groups excluding tert-OH is 2. The van der Waals surface area contributed by atoms with Crippen molar-refractivity contribution in [2.24, 2.45) is 0 Å². The Hall–Kier alpha value is -1.46. The molecule has 0 radical (unpaired) electrons. The van der Waals surface area contributed by atoms with Crippen LogP contribution >= 0.6 is 24.0 Å². The molecule has 0 saturated carbocycles. The van der Waals surface area contributed by atoms with Crippen molar-refractivity contribution in [2.75, 3.05) is 26.4 Å². The average Bonchev–Trinajstić information content (AvgIpc) is 2.58. The molecule has 0 amide bonds. The Morgan fingerprint density at radius 3 is 2.04 bits per heavy atom. The van der Waals surface area contributed by atoms with Crippen molar-refractivity contribution < 1.29 is 19.7 Å². The minimum atomic E-state index is -0.301. The highest BCUT2D eigenvalue weighted by atomic mass is 35.5. The zero-order valence-corrected chi connectivity index (χ0v) is 14.1. The van der Waals surface area contributed by atoms with Crippen LogP contribution in [0.1, 0.15) is 16.5 Å². The van der Waals surface area contributed by atoms with Gasteiger partial charge in [-0.1, -0.05) is 24.3 Å². The van der Waals surface area contributed by atoms with Crippen molar-refractivity contribution in [1.82, 2.24) is 0 Å². The molecule has 0 bridgehead atoms. The van der Waals surface area contributed by atoms with E-state index in [-0.39, 0.29) is 44.2 Å². The molecule has 0 spiro atoms. The zero-order chi connectivity index (χ0) is 15.8. The van der Waals surface area contributed by atoms with Crippen LogP contribution in [0.5, 0.6) is 11.5 Å². The summed E-state index contributed by atoms with van der Waals surface area (Å²) < 4.78 is 10.7. The van der Waals surface area contributed by atoms with E-state index in [0.717, 1.165) is 11.1 Å². The van der Waals surface area contributed by atoms with Gasteiger partial charge in [0.25, 0.3) is 0 Å². The number of hydrogen-bond donors (Lipinski definition) is 2. The standard InChI is InChI=1S/C17H19ClO4.ClH/c18-17(13-4-6-15(7-5-13)21-10-8-19)14-2-1-3-16(12-14)22-11-9-20;/h1-7,12,17,19-20H,8-11H2;1H. The number of rotatable bonds is 8. The molecule has 1 atom stereocenters.